The summed E-state index contributed by atoms with van der Waals surface area (Å²) in [4.78, 5) is 23.1. The summed E-state index contributed by atoms with van der Waals surface area (Å²) >= 11 is 1.69. The highest BCUT2D eigenvalue weighted by Crippen LogP contribution is 2.21. The molecule has 7 heteroatoms. The molecule has 1 amide bonds. The first kappa shape index (κ1) is 16.0. The highest BCUT2D eigenvalue weighted by Gasteiger charge is 2.22. The van der Waals surface area contributed by atoms with Crippen molar-refractivity contribution in [1.29, 1.82) is 0 Å². The zero-order valence-corrected chi connectivity index (χ0v) is 14.4. The van der Waals surface area contributed by atoms with Crippen LogP contribution in [-0.2, 0) is 11.3 Å². The number of hydrogen-bond acceptors (Lipinski definition) is 6. The third kappa shape index (κ3) is 4.11. The number of anilines is 1. The van der Waals surface area contributed by atoms with Crippen LogP contribution in [0, 0.1) is 6.92 Å². The van der Waals surface area contributed by atoms with Crippen LogP contribution in [0.15, 0.2) is 28.2 Å². The summed E-state index contributed by atoms with van der Waals surface area (Å²) < 4.78 is 5.29. The zero-order chi connectivity index (χ0) is 16.2. The summed E-state index contributed by atoms with van der Waals surface area (Å²) in [5.41, 5.74) is 1.07. The molecule has 1 aliphatic heterocycles. The van der Waals surface area contributed by atoms with Crippen LogP contribution in [0.3, 0.4) is 0 Å². The molecule has 0 atom stereocenters. The van der Waals surface area contributed by atoms with Crippen LogP contribution in [0.2, 0.25) is 0 Å². The van der Waals surface area contributed by atoms with Gasteiger partial charge in [0.2, 0.25) is 5.91 Å². The zero-order valence-electron chi connectivity index (χ0n) is 13.6. The van der Waals surface area contributed by atoms with Gasteiger partial charge in [0.05, 0.1) is 25.0 Å². The van der Waals surface area contributed by atoms with Crippen LogP contribution in [-0.4, -0.2) is 60.5 Å². The molecule has 0 aliphatic carbocycles. The van der Waals surface area contributed by atoms with Crippen LogP contribution in [0.25, 0.3) is 0 Å². The number of amides is 1. The van der Waals surface area contributed by atoms with Crippen LogP contribution in [0.5, 0.6) is 0 Å². The molecule has 6 nitrogen and oxygen atoms in total. The average molecular weight is 334 g/mol. The van der Waals surface area contributed by atoms with Gasteiger partial charge in [-0.3, -0.25) is 9.69 Å². The molecule has 1 fully saturated rings. The predicted octanol–water partition coefficient (Wildman–Crippen LogP) is 1.83. The number of furan rings is 1. The fourth-order valence-corrected chi connectivity index (χ4v) is 3.48. The summed E-state index contributed by atoms with van der Waals surface area (Å²) in [5.74, 6) is 0.935. The van der Waals surface area contributed by atoms with E-state index in [0.717, 1.165) is 42.8 Å². The average Bonchev–Trinajstić information content (AvgIpc) is 3.19. The molecule has 3 rings (SSSR count). The van der Waals surface area contributed by atoms with Crippen LogP contribution < -0.4 is 4.90 Å². The van der Waals surface area contributed by atoms with E-state index in [-0.39, 0.29) is 5.91 Å². The maximum absolute atomic E-state index is 12.3. The number of nitrogens with zero attached hydrogens (tertiary/aromatic N) is 4. The lowest BCUT2D eigenvalue weighted by atomic mass is 10.3. The van der Waals surface area contributed by atoms with Gasteiger partial charge in [-0.15, -0.1) is 11.3 Å². The lowest BCUT2D eigenvalue weighted by Crippen LogP contribution is -2.49. The molecule has 0 radical (unpaired) electrons. The lowest BCUT2D eigenvalue weighted by Gasteiger charge is -2.34. The molecule has 0 bridgehead atoms. The Morgan fingerprint density at radius 1 is 1.39 bits per heavy atom. The maximum atomic E-state index is 12.3. The molecule has 0 unspecified atom stereocenters. The molecule has 23 heavy (non-hydrogen) atoms. The number of aryl methyl sites for hydroxylation is 1. The minimum absolute atomic E-state index is 0.125. The second-order valence-electron chi connectivity index (χ2n) is 5.86. The molecule has 3 heterocycles. The van der Waals surface area contributed by atoms with Gasteiger partial charge in [0.25, 0.3) is 0 Å². The second kappa shape index (κ2) is 7.14. The van der Waals surface area contributed by atoms with E-state index in [1.165, 1.54) is 0 Å². The van der Waals surface area contributed by atoms with Gasteiger partial charge in [0.1, 0.15) is 5.76 Å². The fraction of sp³-hybridized carbons (Fsp3) is 0.500. The van der Waals surface area contributed by atoms with Crippen LogP contribution >= 0.6 is 11.3 Å². The molecule has 0 aromatic carbocycles. The van der Waals surface area contributed by atoms with Gasteiger partial charge in [-0.05, 0) is 19.1 Å². The first-order valence-electron chi connectivity index (χ1n) is 7.77. The number of piperazine rings is 1. The summed E-state index contributed by atoms with van der Waals surface area (Å²) in [5, 5.41) is 3.16. The van der Waals surface area contributed by atoms with Gasteiger partial charge in [-0.25, -0.2) is 4.98 Å². The van der Waals surface area contributed by atoms with Crippen molar-refractivity contribution in [2.45, 2.75) is 13.5 Å². The van der Waals surface area contributed by atoms with Crippen molar-refractivity contribution in [3.8, 4) is 0 Å². The predicted molar refractivity (Wildman–Crippen MR) is 90.7 cm³/mol. The van der Waals surface area contributed by atoms with Crippen molar-refractivity contribution < 1.29 is 9.21 Å². The Morgan fingerprint density at radius 3 is 2.78 bits per heavy atom. The molecule has 0 spiro atoms. The molecule has 1 aliphatic rings. The quantitative estimate of drug-likeness (QED) is 0.835. The SMILES string of the molecule is Cc1csc(N2CCN(CC(=O)N(C)Cc3ccco3)CC2)n1. The van der Waals surface area contributed by atoms with Gasteiger partial charge in [0.15, 0.2) is 5.13 Å². The number of likely N-dealkylation sites (N-methyl/N-ethyl adjacent to an activating group) is 1. The first-order chi connectivity index (χ1) is 11.1. The van der Waals surface area contributed by atoms with Crippen molar-refractivity contribution in [2.75, 3.05) is 44.7 Å². The largest absolute Gasteiger partial charge is 0.467 e. The first-order valence-corrected chi connectivity index (χ1v) is 8.65. The monoisotopic (exact) mass is 334 g/mol. The normalized spacial score (nSPS) is 15.8. The Morgan fingerprint density at radius 2 is 2.17 bits per heavy atom. The highest BCUT2D eigenvalue weighted by molar-refractivity contribution is 7.13. The number of carbonyl (C=O) groups is 1. The molecule has 0 saturated carbocycles. The van der Waals surface area contributed by atoms with Crippen LogP contribution in [0.4, 0.5) is 5.13 Å². The van der Waals surface area contributed by atoms with Crippen molar-refractivity contribution in [3.05, 3.63) is 35.2 Å². The Balaban J connectivity index is 1.45. The summed E-state index contributed by atoms with van der Waals surface area (Å²) in [6.45, 7) is 6.61. The standard InChI is InChI=1S/C16H22N4O2S/c1-13-12-23-16(17-13)20-7-5-19(6-8-20)11-15(21)18(2)10-14-4-3-9-22-14/h3-4,9,12H,5-8,10-11H2,1-2H3. The maximum Gasteiger partial charge on any atom is 0.236 e. The van der Waals surface area contributed by atoms with Crippen molar-refractivity contribution >= 4 is 22.4 Å². The van der Waals surface area contributed by atoms with E-state index in [2.05, 4.69) is 20.2 Å². The Kier molecular flexibility index (Phi) is 4.97. The minimum atomic E-state index is 0.125. The smallest absolute Gasteiger partial charge is 0.236 e. The van der Waals surface area contributed by atoms with E-state index >= 15 is 0 Å². The molecule has 124 valence electrons. The van der Waals surface area contributed by atoms with E-state index in [9.17, 15) is 4.79 Å². The highest BCUT2D eigenvalue weighted by atomic mass is 32.1. The fourth-order valence-electron chi connectivity index (χ4n) is 2.62. The number of rotatable bonds is 5. The van der Waals surface area contributed by atoms with Gasteiger partial charge < -0.3 is 14.2 Å². The molecule has 2 aromatic rings. The summed E-state index contributed by atoms with van der Waals surface area (Å²) in [6, 6.07) is 3.73. The van der Waals surface area contributed by atoms with Crippen molar-refractivity contribution in [3.63, 3.8) is 0 Å². The van der Waals surface area contributed by atoms with E-state index in [1.807, 2.05) is 26.1 Å². The molecule has 0 N–H and O–H groups in total. The third-order valence-corrected chi connectivity index (χ3v) is 5.03. The van der Waals surface area contributed by atoms with Crippen molar-refractivity contribution in [2.24, 2.45) is 0 Å². The number of aromatic nitrogens is 1. The number of thiazole rings is 1. The summed E-state index contributed by atoms with van der Waals surface area (Å²) in [7, 11) is 1.82. The van der Waals surface area contributed by atoms with E-state index in [1.54, 1.807) is 22.5 Å². The van der Waals surface area contributed by atoms with Crippen molar-refractivity contribution in [1.82, 2.24) is 14.8 Å². The Bertz CT molecular complexity index is 632. The summed E-state index contributed by atoms with van der Waals surface area (Å²) in [6.07, 6.45) is 1.63. The number of hydrogen-bond donors (Lipinski definition) is 0. The molecular weight excluding hydrogens is 312 g/mol. The van der Waals surface area contributed by atoms with Crippen LogP contribution in [0.1, 0.15) is 11.5 Å². The van der Waals surface area contributed by atoms with E-state index in [0.29, 0.717) is 13.1 Å². The van der Waals surface area contributed by atoms with Gasteiger partial charge in [-0.1, -0.05) is 0 Å². The molecular formula is C16H22N4O2S. The third-order valence-electron chi connectivity index (χ3n) is 4.01. The van der Waals surface area contributed by atoms with E-state index in [4.69, 9.17) is 4.42 Å². The Labute approximate surface area is 140 Å². The van der Waals surface area contributed by atoms with Gasteiger partial charge >= 0.3 is 0 Å². The molecule has 1 saturated heterocycles. The van der Waals surface area contributed by atoms with Gasteiger partial charge in [0, 0.05) is 38.6 Å². The number of carbonyl (C=O) groups excluding carboxylic acids is 1. The minimum Gasteiger partial charge on any atom is -0.467 e. The lowest BCUT2D eigenvalue weighted by molar-refractivity contribution is -0.131. The molecule has 2 aromatic heterocycles. The van der Waals surface area contributed by atoms with Gasteiger partial charge in [-0.2, -0.15) is 0 Å². The topological polar surface area (TPSA) is 52.8 Å². The Hall–Kier alpha value is -1.86. The van der Waals surface area contributed by atoms with E-state index < -0.39 is 0 Å². The second-order valence-corrected chi connectivity index (χ2v) is 6.70.